The maximum atomic E-state index is 5.15. The van der Waals surface area contributed by atoms with Gasteiger partial charge in [-0.15, -0.1) is 0 Å². The Labute approximate surface area is 113 Å². The third kappa shape index (κ3) is 3.97. The Morgan fingerprint density at radius 3 is 1.89 bits per heavy atom. The Balaban J connectivity index is 2.06. The third-order valence-electron chi connectivity index (χ3n) is 2.42. The van der Waals surface area contributed by atoms with Crippen molar-refractivity contribution in [3.05, 3.63) is 54.1 Å². The zero-order valence-corrected chi connectivity index (χ0v) is 10.9. The molecule has 0 amide bonds. The first-order valence-corrected chi connectivity index (χ1v) is 5.95. The fourth-order valence-electron chi connectivity index (χ4n) is 1.42. The van der Waals surface area contributed by atoms with E-state index >= 15 is 0 Å². The second-order valence-electron chi connectivity index (χ2n) is 3.98. The first-order chi connectivity index (χ1) is 9.28. The number of hydrogen-bond donors (Lipinski definition) is 0. The maximum Gasteiger partial charge on any atom is 0.140 e. The van der Waals surface area contributed by atoms with E-state index in [2.05, 4.69) is 22.3 Å². The van der Waals surface area contributed by atoms with Gasteiger partial charge in [0.15, 0.2) is 0 Å². The summed E-state index contributed by atoms with van der Waals surface area (Å²) in [6.45, 7) is 3.77. The molecule has 0 radical (unpaired) electrons. The molecular weight excluding hydrogens is 236 g/mol. The summed E-state index contributed by atoms with van der Waals surface area (Å²) < 4.78 is 5.15. The summed E-state index contributed by atoms with van der Waals surface area (Å²) in [6, 6.07) is 15.2. The molecule has 0 saturated heterocycles. The molecular formula is C16H14N2O. The summed E-state index contributed by atoms with van der Waals surface area (Å²) >= 11 is 0. The predicted molar refractivity (Wildman–Crippen MR) is 75.9 cm³/mol. The molecule has 0 unspecified atom stereocenters. The van der Waals surface area contributed by atoms with Crippen LogP contribution in [0.2, 0.25) is 0 Å². The van der Waals surface area contributed by atoms with Crippen LogP contribution in [0.3, 0.4) is 0 Å². The van der Waals surface area contributed by atoms with Gasteiger partial charge < -0.3 is 4.74 Å². The molecule has 0 saturated carbocycles. The molecule has 19 heavy (non-hydrogen) atoms. The molecule has 0 fully saturated rings. The number of ether oxygens (including phenoxy) is 1. The van der Waals surface area contributed by atoms with Gasteiger partial charge in [-0.25, -0.2) is 0 Å². The summed E-state index contributed by atoms with van der Waals surface area (Å²) in [4.78, 5) is 0. The van der Waals surface area contributed by atoms with Crippen molar-refractivity contribution < 1.29 is 4.74 Å². The standard InChI is InChI=1S/C16H14N2O/c1-3-12-19-16-10-8-15(9-11-16)18-17-14-6-4-13(2)5-7-14/h4-11H,1-2H3. The van der Waals surface area contributed by atoms with Crippen molar-refractivity contribution in [3.8, 4) is 17.8 Å². The summed E-state index contributed by atoms with van der Waals surface area (Å²) in [5, 5.41) is 8.33. The van der Waals surface area contributed by atoms with E-state index in [1.165, 1.54) is 5.56 Å². The molecule has 2 rings (SSSR count). The average molecular weight is 250 g/mol. The topological polar surface area (TPSA) is 34.0 Å². The third-order valence-corrected chi connectivity index (χ3v) is 2.42. The molecule has 0 aliphatic rings. The Bertz CT molecular complexity index is 617. The van der Waals surface area contributed by atoms with Crippen molar-refractivity contribution in [1.29, 1.82) is 0 Å². The summed E-state index contributed by atoms with van der Waals surface area (Å²) in [5.41, 5.74) is 2.82. The van der Waals surface area contributed by atoms with Crippen LogP contribution in [0.5, 0.6) is 5.75 Å². The number of nitrogens with zero attached hydrogens (tertiary/aromatic N) is 2. The van der Waals surface area contributed by atoms with Crippen molar-refractivity contribution in [1.82, 2.24) is 0 Å². The van der Waals surface area contributed by atoms with E-state index in [9.17, 15) is 0 Å². The zero-order valence-electron chi connectivity index (χ0n) is 10.9. The van der Waals surface area contributed by atoms with Crippen LogP contribution < -0.4 is 4.74 Å². The summed E-state index contributed by atoms with van der Waals surface area (Å²) in [7, 11) is 0. The molecule has 0 spiro atoms. The van der Waals surface area contributed by atoms with E-state index in [-0.39, 0.29) is 0 Å². The largest absolute Gasteiger partial charge is 0.408 e. The lowest BCUT2D eigenvalue weighted by Gasteiger charge is -1.97. The molecule has 0 heterocycles. The summed E-state index contributed by atoms with van der Waals surface area (Å²) in [6.07, 6.45) is 2.54. The second kappa shape index (κ2) is 6.36. The molecule has 0 N–H and O–H groups in total. The minimum atomic E-state index is 0.698. The van der Waals surface area contributed by atoms with Crippen molar-refractivity contribution in [3.63, 3.8) is 0 Å². The first-order valence-electron chi connectivity index (χ1n) is 5.95. The van der Waals surface area contributed by atoms with Crippen LogP contribution in [-0.2, 0) is 0 Å². The number of rotatable bonds is 3. The van der Waals surface area contributed by atoms with Gasteiger partial charge in [0.25, 0.3) is 0 Å². The molecule has 0 atom stereocenters. The number of azo groups is 1. The van der Waals surface area contributed by atoms with Gasteiger partial charge in [0.2, 0.25) is 0 Å². The van der Waals surface area contributed by atoms with Gasteiger partial charge in [0, 0.05) is 6.92 Å². The lowest BCUT2D eigenvalue weighted by molar-refractivity contribution is 0.519. The van der Waals surface area contributed by atoms with Crippen LogP contribution in [-0.4, -0.2) is 0 Å². The molecule has 0 aliphatic carbocycles. The highest BCUT2D eigenvalue weighted by Crippen LogP contribution is 2.21. The molecule has 3 heteroatoms. The Kier molecular flexibility index (Phi) is 4.30. The Morgan fingerprint density at radius 1 is 0.842 bits per heavy atom. The smallest absolute Gasteiger partial charge is 0.140 e. The van der Waals surface area contributed by atoms with Crippen LogP contribution in [0.15, 0.2) is 58.8 Å². The van der Waals surface area contributed by atoms with Gasteiger partial charge in [-0.3, -0.25) is 0 Å². The zero-order chi connectivity index (χ0) is 13.5. The lowest BCUT2D eigenvalue weighted by atomic mass is 10.2. The van der Waals surface area contributed by atoms with E-state index in [0.29, 0.717) is 5.75 Å². The van der Waals surface area contributed by atoms with Crippen LogP contribution in [0, 0.1) is 19.0 Å². The fourth-order valence-corrected chi connectivity index (χ4v) is 1.42. The first kappa shape index (κ1) is 12.8. The average Bonchev–Trinajstić information content (AvgIpc) is 2.46. The van der Waals surface area contributed by atoms with Gasteiger partial charge in [-0.2, -0.15) is 10.2 Å². The van der Waals surface area contributed by atoms with E-state index < -0.39 is 0 Å². The van der Waals surface area contributed by atoms with Crippen LogP contribution in [0.25, 0.3) is 0 Å². The molecule has 0 bridgehead atoms. The van der Waals surface area contributed by atoms with Gasteiger partial charge in [0.05, 0.1) is 11.4 Å². The summed E-state index contributed by atoms with van der Waals surface area (Å²) in [5.74, 6) is 3.37. The van der Waals surface area contributed by atoms with Crippen molar-refractivity contribution >= 4 is 11.4 Å². The maximum absolute atomic E-state index is 5.15. The number of benzene rings is 2. The lowest BCUT2D eigenvalue weighted by Crippen LogP contribution is -1.80. The van der Waals surface area contributed by atoms with Gasteiger partial charge >= 0.3 is 0 Å². The molecule has 94 valence electrons. The van der Waals surface area contributed by atoms with Gasteiger partial charge in [-0.05, 0) is 43.3 Å². The number of aryl methyl sites for hydroxylation is 1. The minimum Gasteiger partial charge on any atom is -0.408 e. The van der Waals surface area contributed by atoms with Gasteiger partial charge in [-0.1, -0.05) is 23.6 Å². The monoisotopic (exact) mass is 250 g/mol. The Hall–Kier alpha value is -2.60. The molecule has 0 aliphatic heterocycles. The fraction of sp³-hybridized carbons (Fsp3) is 0.125. The molecule has 2 aromatic carbocycles. The van der Waals surface area contributed by atoms with Crippen LogP contribution in [0.1, 0.15) is 12.5 Å². The second-order valence-corrected chi connectivity index (χ2v) is 3.98. The SMILES string of the molecule is CC#COc1ccc(N=Nc2ccc(C)cc2)cc1. The van der Waals surface area contributed by atoms with Crippen molar-refractivity contribution in [2.24, 2.45) is 10.2 Å². The van der Waals surface area contributed by atoms with E-state index in [1.54, 1.807) is 6.92 Å². The highest BCUT2D eigenvalue weighted by atomic mass is 16.5. The highest BCUT2D eigenvalue weighted by molar-refractivity contribution is 5.43. The normalized spacial score (nSPS) is 10.0. The van der Waals surface area contributed by atoms with E-state index in [1.807, 2.05) is 55.5 Å². The molecule has 2 aromatic rings. The predicted octanol–water partition coefficient (Wildman–Crippen LogP) is 4.77. The molecule has 0 aromatic heterocycles. The highest BCUT2D eigenvalue weighted by Gasteiger charge is 1.93. The van der Waals surface area contributed by atoms with Crippen LogP contribution in [0.4, 0.5) is 11.4 Å². The quantitative estimate of drug-likeness (QED) is 0.570. The van der Waals surface area contributed by atoms with Gasteiger partial charge in [0.1, 0.15) is 11.9 Å². The van der Waals surface area contributed by atoms with E-state index in [0.717, 1.165) is 11.4 Å². The van der Waals surface area contributed by atoms with E-state index in [4.69, 9.17) is 4.74 Å². The number of hydrogen-bond acceptors (Lipinski definition) is 3. The minimum absolute atomic E-state index is 0.698. The van der Waals surface area contributed by atoms with Crippen LogP contribution >= 0.6 is 0 Å². The Morgan fingerprint density at radius 2 is 1.37 bits per heavy atom. The van der Waals surface area contributed by atoms with Crippen molar-refractivity contribution in [2.45, 2.75) is 13.8 Å². The molecule has 3 nitrogen and oxygen atoms in total. The van der Waals surface area contributed by atoms with Crippen molar-refractivity contribution in [2.75, 3.05) is 0 Å².